The predicted octanol–water partition coefficient (Wildman–Crippen LogP) is 4.86. The van der Waals surface area contributed by atoms with Crippen molar-refractivity contribution in [1.82, 2.24) is 9.55 Å². The molecule has 0 saturated heterocycles. The molecular formula is C13H11Cl3N2OS. The summed E-state index contributed by atoms with van der Waals surface area (Å²) >= 11 is 19.6. The molecule has 0 aliphatic heterocycles. The molecule has 3 nitrogen and oxygen atoms in total. The van der Waals surface area contributed by atoms with Gasteiger partial charge in [0.15, 0.2) is 5.12 Å². The second kappa shape index (κ2) is 6.85. The van der Waals surface area contributed by atoms with E-state index in [9.17, 15) is 4.79 Å². The molecule has 0 N–H and O–H groups in total. The number of carbonyl (C=O) groups is 1. The Balaban J connectivity index is 2.38. The Bertz CT molecular complexity index is 593. The Kier molecular flexibility index (Phi) is 5.38. The lowest BCUT2D eigenvalue weighted by atomic mass is 10.1. The summed E-state index contributed by atoms with van der Waals surface area (Å²) in [6.45, 7) is 2.06. The number of hydrogen-bond acceptors (Lipinski definition) is 3. The lowest BCUT2D eigenvalue weighted by molar-refractivity contribution is -0.109. The van der Waals surface area contributed by atoms with Crippen molar-refractivity contribution < 1.29 is 4.79 Å². The van der Waals surface area contributed by atoms with Crippen molar-refractivity contribution in [3.63, 3.8) is 0 Å². The topological polar surface area (TPSA) is 34.9 Å². The van der Waals surface area contributed by atoms with Gasteiger partial charge in [-0.1, -0.05) is 46.6 Å². The van der Waals surface area contributed by atoms with Crippen LogP contribution in [0.25, 0.3) is 0 Å². The molecule has 1 atom stereocenters. The van der Waals surface area contributed by atoms with Crippen LogP contribution in [-0.4, -0.2) is 14.7 Å². The van der Waals surface area contributed by atoms with Crippen LogP contribution >= 0.6 is 46.6 Å². The fourth-order valence-corrected chi connectivity index (χ4v) is 4.06. The monoisotopic (exact) mass is 348 g/mol. The highest BCUT2D eigenvalue weighted by Crippen LogP contribution is 2.41. The molecule has 0 amide bonds. The molecule has 106 valence electrons. The fraction of sp³-hybridized carbons (Fsp3) is 0.231. The molecule has 0 aliphatic carbocycles. The van der Waals surface area contributed by atoms with E-state index in [4.69, 9.17) is 34.8 Å². The summed E-state index contributed by atoms with van der Waals surface area (Å²) in [6.07, 6.45) is 5.19. The Morgan fingerprint density at radius 1 is 1.35 bits per heavy atom. The third-order valence-electron chi connectivity index (χ3n) is 2.61. The Morgan fingerprint density at radius 3 is 2.50 bits per heavy atom. The van der Waals surface area contributed by atoms with Crippen molar-refractivity contribution in [2.24, 2.45) is 0 Å². The van der Waals surface area contributed by atoms with Crippen molar-refractivity contribution in [3.8, 4) is 0 Å². The fourth-order valence-electron chi connectivity index (χ4n) is 1.83. The Morgan fingerprint density at radius 2 is 2.00 bits per heavy atom. The number of halogens is 3. The van der Waals surface area contributed by atoms with E-state index in [1.807, 2.05) is 10.8 Å². The molecule has 2 rings (SSSR count). The van der Waals surface area contributed by atoms with Crippen LogP contribution in [-0.2, 0) is 11.3 Å². The molecule has 0 radical (unpaired) electrons. The molecule has 0 spiro atoms. The second-order valence-corrected chi connectivity index (χ2v) is 6.77. The summed E-state index contributed by atoms with van der Waals surface area (Å²) in [4.78, 5) is 15.5. The first kappa shape index (κ1) is 15.7. The zero-order valence-electron chi connectivity index (χ0n) is 10.5. The summed E-state index contributed by atoms with van der Waals surface area (Å²) in [5.41, 5.74) is 0.714. The quantitative estimate of drug-likeness (QED) is 0.790. The van der Waals surface area contributed by atoms with E-state index in [1.165, 1.54) is 18.7 Å². The summed E-state index contributed by atoms with van der Waals surface area (Å²) < 4.78 is 1.88. The van der Waals surface area contributed by atoms with Crippen LogP contribution < -0.4 is 0 Å². The number of benzene rings is 1. The third kappa shape index (κ3) is 3.92. The van der Waals surface area contributed by atoms with E-state index >= 15 is 0 Å². The van der Waals surface area contributed by atoms with Gasteiger partial charge < -0.3 is 4.57 Å². The summed E-state index contributed by atoms with van der Waals surface area (Å²) in [5, 5.41) is 1.19. The van der Waals surface area contributed by atoms with Crippen LogP contribution in [0.3, 0.4) is 0 Å². The molecule has 1 unspecified atom stereocenters. The molecule has 0 fully saturated rings. The van der Waals surface area contributed by atoms with Gasteiger partial charge in [-0.25, -0.2) is 4.98 Å². The van der Waals surface area contributed by atoms with Gasteiger partial charge >= 0.3 is 0 Å². The van der Waals surface area contributed by atoms with Gasteiger partial charge in [-0.05, 0) is 12.1 Å². The number of carbonyl (C=O) groups excluding carboxylic acids is 1. The van der Waals surface area contributed by atoms with Crippen LogP contribution in [0.5, 0.6) is 0 Å². The molecule has 2 aromatic rings. The number of thioether (sulfide) groups is 1. The van der Waals surface area contributed by atoms with Gasteiger partial charge in [0.2, 0.25) is 0 Å². The summed E-state index contributed by atoms with van der Waals surface area (Å²) in [7, 11) is 0. The van der Waals surface area contributed by atoms with Crippen LogP contribution in [0.1, 0.15) is 17.7 Å². The van der Waals surface area contributed by atoms with Crippen molar-refractivity contribution in [3.05, 3.63) is 51.5 Å². The summed E-state index contributed by atoms with van der Waals surface area (Å²) in [5.74, 6) is 0. The Labute approximate surface area is 136 Å². The molecular weight excluding hydrogens is 339 g/mol. The number of rotatable bonds is 4. The highest BCUT2D eigenvalue weighted by atomic mass is 35.5. The van der Waals surface area contributed by atoms with Crippen molar-refractivity contribution in [2.45, 2.75) is 18.7 Å². The van der Waals surface area contributed by atoms with E-state index in [-0.39, 0.29) is 10.4 Å². The number of hydrogen-bond donors (Lipinski definition) is 0. The zero-order chi connectivity index (χ0) is 14.7. The lowest BCUT2D eigenvalue weighted by Gasteiger charge is -2.19. The molecule has 1 heterocycles. The first-order valence-corrected chi connectivity index (χ1v) is 7.76. The molecule has 0 aliphatic rings. The second-order valence-electron chi connectivity index (χ2n) is 4.14. The molecule has 0 saturated carbocycles. The van der Waals surface area contributed by atoms with Gasteiger partial charge in [0.25, 0.3) is 0 Å². The van der Waals surface area contributed by atoms with Gasteiger partial charge in [-0.2, -0.15) is 0 Å². The molecule has 0 bridgehead atoms. The predicted molar refractivity (Wildman–Crippen MR) is 84.7 cm³/mol. The maximum atomic E-state index is 11.5. The molecule has 20 heavy (non-hydrogen) atoms. The van der Waals surface area contributed by atoms with E-state index in [0.717, 1.165) is 0 Å². The number of aromatic nitrogens is 2. The standard InChI is InChI=1S/C13H11Cl3N2OS/c1-8(19)20-12(6-18-3-2-17-7-18)13-10(15)4-9(14)5-11(13)16/h2-5,7,12H,6H2,1H3. The first-order valence-electron chi connectivity index (χ1n) is 5.74. The largest absolute Gasteiger partial charge is 0.336 e. The minimum Gasteiger partial charge on any atom is -0.336 e. The number of nitrogens with zero attached hydrogens (tertiary/aromatic N) is 2. The van der Waals surface area contributed by atoms with Gasteiger partial charge in [-0.3, -0.25) is 4.79 Å². The first-order chi connectivity index (χ1) is 9.47. The third-order valence-corrected chi connectivity index (χ3v) is 4.45. The van der Waals surface area contributed by atoms with Crippen LogP contribution in [0.2, 0.25) is 15.1 Å². The van der Waals surface area contributed by atoms with E-state index in [2.05, 4.69) is 4.98 Å². The smallest absolute Gasteiger partial charge is 0.186 e. The average molecular weight is 350 g/mol. The van der Waals surface area contributed by atoms with Crippen molar-refractivity contribution in [2.75, 3.05) is 0 Å². The molecule has 7 heteroatoms. The maximum absolute atomic E-state index is 11.5. The minimum atomic E-state index is -0.195. The Hall–Kier alpha value is -0.680. The van der Waals surface area contributed by atoms with Crippen molar-refractivity contribution >= 4 is 51.7 Å². The zero-order valence-corrected chi connectivity index (χ0v) is 13.6. The summed E-state index contributed by atoms with van der Waals surface area (Å²) in [6, 6.07) is 3.26. The molecule has 1 aromatic carbocycles. The SMILES string of the molecule is CC(=O)SC(Cn1ccnc1)c1c(Cl)cc(Cl)cc1Cl. The average Bonchev–Trinajstić information content (AvgIpc) is 2.79. The molecule has 1 aromatic heterocycles. The normalized spacial score (nSPS) is 12.4. The van der Waals surface area contributed by atoms with Crippen molar-refractivity contribution in [1.29, 1.82) is 0 Å². The van der Waals surface area contributed by atoms with Crippen LogP contribution in [0.15, 0.2) is 30.9 Å². The van der Waals surface area contributed by atoms with E-state index < -0.39 is 0 Å². The van der Waals surface area contributed by atoms with Crippen LogP contribution in [0, 0.1) is 0 Å². The minimum absolute atomic E-state index is 0.00259. The maximum Gasteiger partial charge on any atom is 0.186 e. The van der Waals surface area contributed by atoms with Gasteiger partial charge in [-0.15, -0.1) is 0 Å². The van der Waals surface area contributed by atoms with E-state index in [1.54, 1.807) is 24.7 Å². The number of imidazole rings is 1. The van der Waals surface area contributed by atoms with Gasteiger partial charge in [0, 0.05) is 46.5 Å². The van der Waals surface area contributed by atoms with E-state index in [0.29, 0.717) is 27.2 Å². The highest BCUT2D eigenvalue weighted by Gasteiger charge is 2.22. The van der Waals surface area contributed by atoms with Gasteiger partial charge in [0.05, 0.1) is 11.6 Å². The lowest BCUT2D eigenvalue weighted by Crippen LogP contribution is -2.08. The van der Waals surface area contributed by atoms with Crippen LogP contribution in [0.4, 0.5) is 0 Å². The van der Waals surface area contributed by atoms with Gasteiger partial charge in [0.1, 0.15) is 0 Å². The highest BCUT2D eigenvalue weighted by molar-refractivity contribution is 8.13.